The van der Waals surface area contributed by atoms with E-state index < -0.39 is 11.9 Å². The zero-order valence-corrected chi connectivity index (χ0v) is 7.49. The number of rotatable bonds is 0. The lowest BCUT2D eigenvalue weighted by atomic mass is 10.4. The van der Waals surface area contributed by atoms with E-state index in [2.05, 4.69) is 9.97 Å². The largest absolute Gasteiger partial charge is 0.431 e. The monoisotopic (exact) mass is 219 g/mol. The molecule has 2 rings (SSSR count). The van der Waals surface area contributed by atoms with Crippen LogP contribution in [0, 0.1) is 4.64 Å². The molecule has 2 aromatic rings. The van der Waals surface area contributed by atoms with Gasteiger partial charge >= 0.3 is 6.18 Å². The molecule has 0 amide bonds. The first-order chi connectivity index (χ1) is 6.48. The third-order valence-corrected chi connectivity index (χ3v) is 2.01. The highest BCUT2D eigenvalue weighted by Crippen LogP contribution is 2.27. The Morgan fingerprint density at radius 1 is 1.43 bits per heavy atom. The lowest BCUT2D eigenvalue weighted by molar-refractivity contribution is -0.141. The Morgan fingerprint density at radius 2 is 2.14 bits per heavy atom. The topological polar surface area (TPSA) is 33.1 Å². The zero-order valence-electron chi connectivity index (χ0n) is 6.67. The van der Waals surface area contributed by atoms with E-state index in [1.807, 2.05) is 0 Å². The van der Waals surface area contributed by atoms with E-state index in [4.69, 9.17) is 12.2 Å². The fourth-order valence-corrected chi connectivity index (χ4v) is 1.34. The van der Waals surface area contributed by atoms with Crippen molar-refractivity contribution in [2.45, 2.75) is 6.18 Å². The molecule has 0 aliphatic rings. The van der Waals surface area contributed by atoms with Crippen LogP contribution in [-0.2, 0) is 6.18 Å². The van der Waals surface area contributed by atoms with Crippen LogP contribution in [0.5, 0.6) is 0 Å². The summed E-state index contributed by atoms with van der Waals surface area (Å²) in [5.41, 5.74) is -0.888. The van der Waals surface area contributed by atoms with Gasteiger partial charge in [-0.3, -0.25) is 4.40 Å². The van der Waals surface area contributed by atoms with Gasteiger partial charge in [0.1, 0.15) is 10.3 Å². The maximum atomic E-state index is 12.3. The maximum Gasteiger partial charge on any atom is 0.431 e. The van der Waals surface area contributed by atoms with Gasteiger partial charge in [0.25, 0.3) is 0 Å². The molecule has 0 unspecified atom stereocenters. The smallest absolute Gasteiger partial charge is 0.321 e. The molecule has 0 saturated carbocycles. The number of aromatic amines is 1. The Bertz CT molecular complexity index is 525. The van der Waals surface area contributed by atoms with Crippen molar-refractivity contribution in [1.29, 1.82) is 0 Å². The molecule has 0 atom stereocenters. The highest BCUT2D eigenvalue weighted by Gasteiger charge is 2.32. The minimum Gasteiger partial charge on any atom is -0.321 e. The van der Waals surface area contributed by atoms with Crippen LogP contribution in [0.2, 0.25) is 0 Å². The van der Waals surface area contributed by atoms with Gasteiger partial charge < -0.3 is 4.98 Å². The van der Waals surface area contributed by atoms with Gasteiger partial charge in [-0.1, -0.05) is 12.2 Å². The van der Waals surface area contributed by atoms with Crippen molar-refractivity contribution >= 4 is 18.0 Å². The van der Waals surface area contributed by atoms with Crippen molar-refractivity contribution in [2.75, 3.05) is 0 Å². The van der Waals surface area contributed by atoms with Crippen molar-refractivity contribution in [1.82, 2.24) is 14.4 Å². The standard InChI is InChI=1S/C7H4F3N3S/c8-7(9,10)4-3-5(14)13-2-1-11-6(13)12-4/h1-3H,(H,11,12). The third-order valence-electron chi connectivity index (χ3n) is 1.70. The van der Waals surface area contributed by atoms with Gasteiger partial charge in [0.05, 0.1) is 0 Å². The minimum atomic E-state index is -4.43. The Kier molecular flexibility index (Phi) is 1.84. The number of fused-ring (bicyclic) bond motifs is 1. The molecule has 0 spiro atoms. The molecular formula is C7H4F3N3S. The Hall–Kier alpha value is -1.37. The number of imidazole rings is 1. The molecule has 2 heterocycles. The van der Waals surface area contributed by atoms with Gasteiger partial charge in [0, 0.05) is 18.5 Å². The van der Waals surface area contributed by atoms with Crippen LogP contribution in [0.4, 0.5) is 13.2 Å². The first-order valence-electron chi connectivity index (χ1n) is 3.62. The van der Waals surface area contributed by atoms with Crippen molar-refractivity contribution in [3.05, 3.63) is 28.8 Å². The molecule has 0 bridgehead atoms. The molecule has 0 saturated heterocycles. The molecule has 7 heteroatoms. The molecule has 3 nitrogen and oxygen atoms in total. The average molecular weight is 219 g/mol. The van der Waals surface area contributed by atoms with Gasteiger partial charge in [0.15, 0.2) is 0 Å². The SMILES string of the molecule is FC(F)(F)c1cc(=S)n2ccnc2[nH]1. The summed E-state index contributed by atoms with van der Waals surface area (Å²) in [7, 11) is 0. The van der Waals surface area contributed by atoms with E-state index in [9.17, 15) is 13.2 Å². The molecule has 0 fully saturated rings. The molecule has 14 heavy (non-hydrogen) atoms. The van der Waals surface area contributed by atoms with Crippen LogP contribution < -0.4 is 0 Å². The average Bonchev–Trinajstić information content (AvgIpc) is 2.50. The van der Waals surface area contributed by atoms with Crippen molar-refractivity contribution in [3.8, 4) is 0 Å². The maximum absolute atomic E-state index is 12.3. The number of hydrogen-bond acceptors (Lipinski definition) is 2. The second-order valence-corrected chi connectivity index (χ2v) is 3.06. The van der Waals surface area contributed by atoms with Crippen LogP contribution in [0.3, 0.4) is 0 Å². The molecule has 74 valence electrons. The number of hydrogen-bond donors (Lipinski definition) is 1. The van der Waals surface area contributed by atoms with Crippen molar-refractivity contribution in [3.63, 3.8) is 0 Å². The van der Waals surface area contributed by atoms with E-state index in [1.165, 1.54) is 16.8 Å². The first-order valence-corrected chi connectivity index (χ1v) is 4.03. The number of alkyl halides is 3. The summed E-state index contributed by atoms with van der Waals surface area (Å²) >= 11 is 4.77. The summed E-state index contributed by atoms with van der Waals surface area (Å²) in [5.74, 6) is 0.0878. The molecule has 0 aromatic carbocycles. The quantitative estimate of drug-likeness (QED) is 0.690. The lowest BCUT2D eigenvalue weighted by Crippen LogP contribution is -2.09. The summed E-state index contributed by atoms with van der Waals surface area (Å²) in [5, 5.41) is 0. The van der Waals surface area contributed by atoms with E-state index >= 15 is 0 Å². The van der Waals surface area contributed by atoms with E-state index in [0.717, 1.165) is 6.07 Å². The van der Waals surface area contributed by atoms with E-state index in [-0.39, 0.29) is 10.4 Å². The third kappa shape index (κ3) is 1.39. The summed E-state index contributed by atoms with van der Waals surface area (Å²) in [6.07, 6.45) is -1.56. The van der Waals surface area contributed by atoms with Gasteiger partial charge in [-0.15, -0.1) is 0 Å². The van der Waals surface area contributed by atoms with Crippen LogP contribution in [-0.4, -0.2) is 14.4 Å². The number of nitrogens with one attached hydrogen (secondary N) is 1. The van der Waals surface area contributed by atoms with Gasteiger partial charge in [-0.05, 0) is 0 Å². The highest BCUT2D eigenvalue weighted by atomic mass is 32.1. The van der Waals surface area contributed by atoms with Crippen molar-refractivity contribution < 1.29 is 13.2 Å². The molecule has 0 radical (unpaired) electrons. The Labute approximate surface area is 81.2 Å². The predicted octanol–water partition coefficient (Wildman–Crippen LogP) is 2.41. The summed E-state index contributed by atoms with van der Waals surface area (Å²) in [6, 6.07) is 0.865. The van der Waals surface area contributed by atoms with Crippen molar-refractivity contribution in [2.24, 2.45) is 0 Å². The van der Waals surface area contributed by atoms with Crippen LogP contribution >= 0.6 is 12.2 Å². The number of aromatic nitrogens is 3. The van der Waals surface area contributed by atoms with E-state index in [0.29, 0.717) is 0 Å². The van der Waals surface area contributed by atoms with Crippen LogP contribution in [0.15, 0.2) is 18.5 Å². The van der Waals surface area contributed by atoms with Gasteiger partial charge in [-0.2, -0.15) is 13.2 Å². The summed E-state index contributed by atoms with van der Waals surface area (Å²) in [6.45, 7) is 0. The predicted molar refractivity (Wildman–Crippen MR) is 45.4 cm³/mol. The molecule has 2 aromatic heterocycles. The molecular weight excluding hydrogens is 215 g/mol. The Morgan fingerprint density at radius 3 is 2.79 bits per heavy atom. The first kappa shape index (κ1) is 9.20. The Balaban J connectivity index is 2.77. The second-order valence-electron chi connectivity index (χ2n) is 2.64. The molecule has 0 aliphatic heterocycles. The second kappa shape index (κ2) is 2.81. The van der Waals surface area contributed by atoms with Gasteiger partial charge in [0.2, 0.25) is 5.78 Å². The molecule has 1 N–H and O–H groups in total. The fraction of sp³-hybridized carbons (Fsp3) is 0.143. The molecule has 0 aliphatic carbocycles. The van der Waals surface area contributed by atoms with Crippen LogP contribution in [0.1, 0.15) is 5.69 Å². The minimum absolute atomic E-state index is 0.0728. The van der Waals surface area contributed by atoms with Gasteiger partial charge in [-0.25, -0.2) is 4.98 Å². The summed E-state index contributed by atoms with van der Waals surface area (Å²) < 4.78 is 38.3. The number of nitrogens with zero attached hydrogens (tertiary/aromatic N) is 2. The fourth-order valence-electron chi connectivity index (χ4n) is 1.08. The normalized spacial score (nSPS) is 12.2. The zero-order chi connectivity index (χ0) is 10.3. The lowest BCUT2D eigenvalue weighted by Gasteiger charge is -2.06. The van der Waals surface area contributed by atoms with Crippen LogP contribution in [0.25, 0.3) is 5.78 Å². The van der Waals surface area contributed by atoms with E-state index in [1.54, 1.807) is 0 Å². The summed E-state index contributed by atoms with van der Waals surface area (Å²) in [4.78, 5) is 5.84. The number of halogens is 3. The highest BCUT2D eigenvalue weighted by molar-refractivity contribution is 7.71. The number of H-pyrrole nitrogens is 1.